The summed E-state index contributed by atoms with van der Waals surface area (Å²) in [5.41, 5.74) is -1.49. The van der Waals surface area contributed by atoms with Crippen LogP contribution in [0.3, 0.4) is 0 Å². The van der Waals surface area contributed by atoms with Crippen molar-refractivity contribution in [1.29, 1.82) is 0 Å². The van der Waals surface area contributed by atoms with Crippen LogP contribution in [0.1, 0.15) is 31.1 Å². The van der Waals surface area contributed by atoms with Gasteiger partial charge in [-0.05, 0) is 29.3 Å². The fourth-order valence-corrected chi connectivity index (χ4v) is 0.987. The molecule has 1 rings (SSSR count). The standard InChI is InChI=1S/C9H6O6.Cu/c10-7(11)4-1-5(8(12)13)3-6(2-4)9(14)15;/h1-3H,(H,10,11)(H,12,13)(H,14,15);/q;+2/p-2. The number of rotatable bonds is 3. The second-order valence-electron chi connectivity index (χ2n) is 2.68. The van der Waals surface area contributed by atoms with E-state index in [-0.39, 0.29) is 17.1 Å². The minimum absolute atomic E-state index is 0. The third-order valence-corrected chi connectivity index (χ3v) is 1.65. The fourth-order valence-electron chi connectivity index (χ4n) is 0.987. The normalized spacial score (nSPS) is 9.00. The first kappa shape index (κ1) is 14.1. The molecule has 0 aliphatic rings. The summed E-state index contributed by atoms with van der Waals surface area (Å²) in [6.45, 7) is 0. The van der Waals surface area contributed by atoms with E-state index in [1.807, 2.05) is 0 Å². The van der Waals surface area contributed by atoms with Crippen molar-refractivity contribution >= 4 is 17.9 Å². The molecular weight excluding hydrogens is 268 g/mol. The van der Waals surface area contributed by atoms with E-state index in [2.05, 4.69) is 0 Å². The molecule has 1 radical (unpaired) electrons. The van der Waals surface area contributed by atoms with E-state index >= 15 is 0 Å². The van der Waals surface area contributed by atoms with Crippen molar-refractivity contribution in [3.05, 3.63) is 34.9 Å². The van der Waals surface area contributed by atoms with Crippen molar-refractivity contribution in [2.75, 3.05) is 0 Å². The molecule has 0 saturated heterocycles. The van der Waals surface area contributed by atoms with Gasteiger partial charge >= 0.3 is 23.0 Å². The summed E-state index contributed by atoms with van der Waals surface area (Å²) < 4.78 is 0. The molecule has 0 fully saturated rings. The summed E-state index contributed by atoms with van der Waals surface area (Å²) in [5, 5.41) is 29.4. The average molecular weight is 272 g/mol. The van der Waals surface area contributed by atoms with Crippen LogP contribution in [0.2, 0.25) is 0 Å². The molecule has 0 aliphatic carbocycles. The Morgan fingerprint density at radius 1 is 0.875 bits per heavy atom. The molecule has 0 atom stereocenters. The van der Waals surface area contributed by atoms with Gasteiger partial charge in [0.25, 0.3) is 0 Å². The second kappa shape index (κ2) is 5.29. The largest absolute Gasteiger partial charge is 2.00 e. The van der Waals surface area contributed by atoms with Crippen LogP contribution in [0.4, 0.5) is 0 Å². The van der Waals surface area contributed by atoms with Gasteiger partial charge < -0.3 is 24.9 Å². The van der Waals surface area contributed by atoms with E-state index in [9.17, 15) is 24.6 Å². The van der Waals surface area contributed by atoms with Crippen LogP contribution in [0.5, 0.6) is 0 Å². The van der Waals surface area contributed by atoms with Gasteiger partial charge in [-0.2, -0.15) is 0 Å². The molecule has 0 unspecified atom stereocenters. The predicted molar refractivity (Wildman–Crippen MR) is 42.1 cm³/mol. The Hall–Kier alpha value is -1.85. The molecule has 1 aromatic rings. The van der Waals surface area contributed by atoms with Crippen LogP contribution >= 0.6 is 0 Å². The molecule has 1 N–H and O–H groups in total. The van der Waals surface area contributed by atoms with Gasteiger partial charge in [0.2, 0.25) is 0 Å². The number of hydrogen-bond donors (Lipinski definition) is 1. The molecule has 6 nitrogen and oxygen atoms in total. The smallest absolute Gasteiger partial charge is 0.545 e. The topological polar surface area (TPSA) is 118 Å². The SMILES string of the molecule is O=C([O-])c1cc(C(=O)[O-])cc(C(=O)O)c1.[Cu+2]. The number of carbonyl (C=O) groups excluding carboxylic acids is 2. The maximum absolute atomic E-state index is 10.5. The Kier molecular flexibility index (Phi) is 4.68. The van der Waals surface area contributed by atoms with E-state index in [0.717, 1.165) is 18.2 Å². The number of aromatic carboxylic acids is 3. The van der Waals surface area contributed by atoms with Crippen molar-refractivity contribution in [2.45, 2.75) is 0 Å². The number of carbonyl (C=O) groups is 3. The Balaban J connectivity index is 0.00000225. The van der Waals surface area contributed by atoms with Crippen molar-refractivity contribution in [3.63, 3.8) is 0 Å². The van der Waals surface area contributed by atoms with Gasteiger partial charge in [-0.3, -0.25) is 0 Å². The Labute approximate surface area is 100.0 Å². The summed E-state index contributed by atoms with van der Waals surface area (Å²) in [6, 6.07) is 2.39. The summed E-state index contributed by atoms with van der Waals surface area (Å²) in [5.74, 6) is -4.73. The summed E-state index contributed by atoms with van der Waals surface area (Å²) >= 11 is 0. The van der Waals surface area contributed by atoms with Crippen LogP contribution in [0, 0.1) is 0 Å². The van der Waals surface area contributed by atoms with Crippen molar-refractivity contribution in [1.82, 2.24) is 0 Å². The Morgan fingerprint density at radius 2 is 1.19 bits per heavy atom. The average Bonchev–Trinajstić information content (AvgIpc) is 2.16. The fraction of sp³-hybridized carbons (Fsp3) is 0. The van der Waals surface area contributed by atoms with Gasteiger partial charge in [0.1, 0.15) is 0 Å². The zero-order chi connectivity index (χ0) is 11.6. The third-order valence-electron chi connectivity index (χ3n) is 1.65. The third kappa shape index (κ3) is 3.08. The van der Waals surface area contributed by atoms with Crippen molar-refractivity contribution in [3.8, 4) is 0 Å². The maximum atomic E-state index is 10.5. The van der Waals surface area contributed by atoms with Crippen molar-refractivity contribution in [2.24, 2.45) is 0 Å². The van der Waals surface area contributed by atoms with Gasteiger partial charge in [-0.1, -0.05) is 0 Å². The first-order chi connectivity index (χ1) is 6.91. The molecule has 0 heterocycles. The molecule has 0 aliphatic heterocycles. The summed E-state index contributed by atoms with van der Waals surface area (Å²) in [7, 11) is 0. The number of hydrogen-bond acceptors (Lipinski definition) is 5. The van der Waals surface area contributed by atoms with Gasteiger partial charge in [0.15, 0.2) is 0 Å². The van der Waals surface area contributed by atoms with Crippen LogP contribution in [0.25, 0.3) is 0 Å². The number of benzene rings is 1. The zero-order valence-electron chi connectivity index (χ0n) is 7.52. The van der Waals surface area contributed by atoms with Crippen LogP contribution in [-0.2, 0) is 17.1 Å². The zero-order valence-corrected chi connectivity index (χ0v) is 8.46. The molecule has 87 valence electrons. The first-order valence-electron chi connectivity index (χ1n) is 3.73. The number of carboxylic acid groups (broad SMARTS) is 3. The van der Waals surface area contributed by atoms with Crippen molar-refractivity contribution < 1.29 is 46.8 Å². The minimum atomic E-state index is -1.65. The molecule has 16 heavy (non-hydrogen) atoms. The molecule has 0 aromatic heterocycles. The molecule has 0 amide bonds. The molecule has 1 aromatic carbocycles. The minimum Gasteiger partial charge on any atom is -0.545 e. The van der Waals surface area contributed by atoms with Crippen LogP contribution < -0.4 is 10.2 Å². The Bertz CT molecular complexity index is 374. The number of carboxylic acids is 3. The first-order valence-corrected chi connectivity index (χ1v) is 3.73. The summed E-state index contributed by atoms with van der Waals surface area (Å²) in [6.07, 6.45) is 0. The van der Waals surface area contributed by atoms with Crippen LogP contribution in [-0.4, -0.2) is 23.0 Å². The molecule has 0 saturated carbocycles. The van der Waals surface area contributed by atoms with Gasteiger partial charge in [-0.15, -0.1) is 0 Å². The van der Waals surface area contributed by atoms with Gasteiger partial charge in [0, 0.05) is 0 Å². The van der Waals surface area contributed by atoms with E-state index in [1.165, 1.54) is 0 Å². The van der Waals surface area contributed by atoms with E-state index in [0.29, 0.717) is 0 Å². The molecule has 0 spiro atoms. The maximum Gasteiger partial charge on any atom is 2.00 e. The van der Waals surface area contributed by atoms with Gasteiger partial charge in [0.05, 0.1) is 17.5 Å². The summed E-state index contributed by atoms with van der Waals surface area (Å²) in [4.78, 5) is 31.4. The predicted octanol–water partition coefficient (Wildman–Crippen LogP) is -1.89. The van der Waals surface area contributed by atoms with Gasteiger partial charge in [-0.25, -0.2) is 4.79 Å². The molecule has 0 bridgehead atoms. The van der Waals surface area contributed by atoms with E-state index < -0.39 is 34.6 Å². The molecular formula is C9H4CuO6. The van der Waals surface area contributed by atoms with E-state index in [1.54, 1.807) is 0 Å². The molecule has 7 heteroatoms. The quantitative estimate of drug-likeness (QED) is 0.642. The Morgan fingerprint density at radius 3 is 1.44 bits per heavy atom. The second-order valence-corrected chi connectivity index (χ2v) is 2.68. The monoisotopic (exact) mass is 271 g/mol. The van der Waals surface area contributed by atoms with Crippen LogP contribution in [0.15, 0.2) is 18.2 Å². The van der Waals surface area contributed by atoms with E-state index in [4.69, 9.17) is 5.11 Å².